The molecule has 0 radical (unpaired) electrons. The first-order valence-corrected chi connectivity index (χ1v) is 6.43. The van der Waals surface area contributed by atoms with Gasteiger partial charge in [-0.05, 0) is 31.2 Å². The summed E-state index contributed by atoms with van der Waals surface area (Å²) in [5, 5.41) is 10.4. The number of aryl methyl sites for hydroxylation is 1. The van der Waals surface area contributed by atoms with Crippen LogP contribution in [0.2, 0.25) is 0 Å². The Kier molecular flexibility index (Phi) is 3.89. The number of benzene rings is 1. The molecule has 0 aliphatic heterocycles. The van der Waals surface area contributed by atoms with Crippen LogP contribution in [0.4, 0.5) is 0 Å². The highest BCUT2D eigenvalue weighted by atomic mass is 32.1. The van der Waals surface area contributed by atoms with Gasteiger partial charge < -0.3 is 14.6 Å². The molecule has 1 N–H and O–H groups in total. The van der Waals surface area contributed by atoms with Crippen LogP contribution >= 0.6 is 11.3 Å². The predicted molar refractivity (Wildman–Crippen MR) is 72.7 cm³/mol. The Bertz CT molecular complexity index is 534. The first-order chi connectivity index (χ1) is 8.65. The molecule has 1 aromatic carbocycles. The molecule has 2 rings (SSSR count). The van der Waals surface area contributed by atoms with Crippen molar-refractivity contribution in [3.05, 3.63) is 45.6 Å². The van der Waals surface area contributed by atoms with Gasteiger partial charge in [0.15, 0.2) is 0 Å². The van der Waals surface area contributed by atoms with Gasteiger partial charge in [-0.1, -0.05) is 0 Å². The van der Waals surface area contributed by atoms with Crippen LogP contribution in [-0.4, -0.2) is 19.3 Å². The monoisotopic (exact) mass is 264 g/mol. The molecule has 1 aromatic heterocycles. The van der Waals surface area contributed by atoms with E-state index in [0.717, 1.165) is 10.4 Å². The van der Waals surface area contributed by atoms with Crippen LogP contribution in [0.3, 0.4) is 0 Å². The van der Waals surface area contributed by atoms with Gasteiger partial charge in [-0.15, -0.1) is 11.3 Å². The molecule has 1 heterocycles. The second kappa shape index (κ2) is 5.42. The van der Waals surface area contributed by atoms with E-state index in [4.69, 9.17) is 9.47 Å². The summed E-state index contributed by atoms with van der Waals surface area (Å²) < 4.78 is 10.4. The summed E-state index contributed by atoms with van der Waals surface area (Å²) in [5.41, 5.74) is 0.750. The molecule has 0 bridgehead atoms. The third-order valence-electron chi connectivity index (χ3n) is 2.77. The predicted octanol–water partition coefficient (Wildman–Crippen LogP) is 3.16. The molecule has 0 unspecified atom stereocenters. The molecule has 96 valence electrons. The van der Waals surface area contributed by atoms with Gasteiger partial charge in [-0.25, -0.2) is 0 Å². The molecule has 1 atom stereocenters. The molecule has 0 saturated heterocycles. The fraction of sp³-hybridized carbons (Fsp3) is 0.286. The lowest BCUT2D eigenvalue weighted by Gasteiger charge is -2.14. The second-order valence-corrected chi connectivity index (χ2v) is 5.28. The van der Waals surface area contributed by atoms with Gasteiger partial charge in [-0.3, -0.25) is 0 Å². The zero-order valence-electron chi connectivity index (χ0n) is 10.6. The van der Waals surface area contributed by atoms with Crippen LogP contribution in [-0.2, 0) is 0 Å². The summed E-state index contributed by atoms with van der Waals surface area (Å²) in [5.74, 6) is 1.35. The molecule has 18 heavy (non-hydrogen) atoms. The van der Waals surface area contributed by atoms with Crippen LogP contribution in [0.1, 0.15) is 21.4 Å². The van der Waals surface area contributed by atoms with E-state index in [0.29, 0.717) is 11.5 Å². The van der Waals surface area contributed by atoms with Crippen LogP contribution in [0.5, 0.6) is 11.5 Å². The standard InChI is InChI=1S/C14H16O3S/c1-9-4-7-13(18-9)14(15)11-6-5-10(16-2)8-12(11)17-3/h4-8,14-15H,1-3H3/t14-/m0/s1. The Labute approximate surface area is 111 Å². The van der Waals surface area contributed by atoms with E-state index in [9.17, 15) is 5.11 Å². The highest BCUT2D eigenvalue weighted by Gasteiger charge is 2.17. The first-order valence-electron chi connectivity index (χ1n) is 5.62. The normalized spacial score (nSPS) is 12.2. The lowest BCUT2D eigenvalue weighted by Crippen LogP contribution is -2.01. The summed E-state index contributed by atoms with van der Waals surface area (Å²) in [6.07, 6.45) is -0.662. The van der Waals surface area contributed by atoms with Crippen molar-refractivity contribution in [2.24, 2.45) is 0 Å². The maximum atomic E-state index is 10.4. The third-order valence-corrected chi connectivity index (χ3v) is 3.82. The Morgan fingerprint density at radius 1 is 1.11 bits per heavy atom. The van der Waals surface area contributed by atoms with Crippen LogP contribution in [0.25, 0.3) is 0 Å². The zero-order valence-corrected chi connectivity index (χ0v) is 11.5. The maximum absolute atomic E-state index is 10.4. The minimum absolute atomic E-state index is 0.632. The van der Waals surface area contributed by atoms with Gasteiger partial charge in [0.05, 0.1) is 14.2 Å². The fourth-order valence-electron chi connectivity index (χ4n) is 1.80. The Morgan fingerprint density at radius 2 is 1.89 bits per heavy atom. The molecule has 0 spiro atoms. The summed E-state index contributed by atoms with van der Waals surface area (Å²) in [4.78, 5) is 2.09. The van der Waals surface area contributed by atoms with Crippen molar-refractivity contribution in [2.75, 3.05) is 14.2 Å². The summed E-state index contributed by atoms with van der Waals surface area (Å²) in [7, 11) is 3.19. The SMILES string of the molecule is COc1ccc([C@H](O)c2ccc(C)s2)c(OC)c1. The van der Waals surface area contributed by atoms with Gasteiger partial charge in [0.1, 0.15) is 17.6 Å². The number of hydrogen-bond acceptors (Lipinski definition) is 4. The van der Waals surface area contributed by atoms with E-state index in [1.54, 1.807) is 31.6 Å². The molecular weight excluding hydrogens is 248 g/mol. The van der Waals surface area contributed by atoms with E-state index in [1.807, 2.05) is 31.2 Å². The maximum Gasteiger partial charge on any atom is 0.128 e. The number of ether oxygens (including phenoxy) is 2. The lowest BCUT2D eigenvalue weighted by atomic mass is 10.1. The molecule has 0 saturated carbocycles. The minimum atomic E-state index is -0.662. The Hall–Kier alpha value is -1.52. The number of aliphatic hydroxyl groups is 1. The molecule has 0 aliphatic rings. The first kappa shape index (κ1) is 12.9. The largest absolute Gasteiger partial charge is 0.497 e. The van der Waals surface area contributed by atoms with E-state index in [-0.39, 0.29) is 0 Å². The number of hydrogen-bond donors (Lipinski definition) is 1. The molecule has 4 heteroatoms. The van der Waals surface area contributed by atoms with Gasteiger partial charge >= 0.3 is 0 Å². The molecule has 0 amide bonds. The van der Waals surface area contributed by atoms with E-state index in [2.05, 4.69) is 0 Å². The fourth-order valence-corrected chi connectivity index (χ4v) is 2.68. The summed E-state index contributed by atoms with van der Waals surface area (Å²) in [6.45, 7) is 2.02. The summed E-state index contributed by atoms with van der Waals surface area (Å²) >= 11 is 1.58. The number of rotatable bonds is 4. The van der Waals surface area contributed by atoms with Gasteiger partial charge in [0.25, 0.3) is 0 Å². The van der Waals surface area contributed by atoms with Crippen molar-refractivity contribution < 1.29 is 14.6 Å². The van der Waals surface area contributed by atoms with Crippen molar-refractivity contribution in [1.29, 1.82) is 0 Å². The minimum Gasteiger partial charge on any atom is -0.497 e. The number of aliphatic hydroxyl groups excluding tert-OH is 1. The third kappa shape index (κ3) is 2.49. The van der Waals surface area contributed by atoms with E-state index in [1.165, 1.54) is 4.88 Å². The molecule has 0 fully saturated rings. The van der Waals surface area contributed by atoms with Crippen molar-refractivity contribution in [3.8, 4) is 11.5 Å². The smallest absolute Gasteiger partial charge is 0.128 e. The quantitative estimate of drug-likeness (QED) is 0.922. The van der Waals surface area contributed by atoms with Crippen LogP contribution in [0, 0.1) is 6.92 Å². The number of methoxy groups -OCH3 is 2. The molecular formula is C14H16O3S. The Morgan fingerprint density at radius 3 is 2.44 bits per heavy atom. The highest BCUT2D eigenvalue weighted by Crippen LogP contribution is 2.35. The molecule has 3 nitrogen and oxygen atoms in total. The van der Waals surface area contributed by atoms with Crippen molar-refractivity contribution >= 4 is 11.3 Å². The van der Waals surface area contributed by atoms with Gasteiger partial charge in [0.2, 0.25) is 0 Å². The van der Waals surface area contributed by atoms with Crippen molar-refractivity contribution in [1.82, 2.24) is 0 Å². The van der Waals surface area contributed by atoms with E-state index < -0.39 is 6.10 Å². The van der Waals surface area contributed by atoms with Crippen LogP contribution in [0.15, 0.2) is 30.3 Å². The highest BCUT2D eigenvalue weighted by molar-refractivity contribution is 7.12. The van der Waals surface area contributed by atoms with Crippen molar-refractivity contribution in [3.63, 3.8) is 0 Å². The molecule has 0 aliphatic carbocycles. The Balaban J connectivity index is 2.38. The van der Waals surface area contributed by atoms with E-state index >= 15 is 0 Å². The lowest BCUT2D eigenvalue weighted by molar-refractivity contribution is 0.218. The topological polar surface area (TPSA) is 38.7 Å². The number of thiophene rings is 1. The average molecular weight is 264 g/mol. The summed E-state index contributed by atoms with van der Waals surface area (Å²) in [6, 6.07) is 9.37. The van der Waals surface area contributed by atoms with Crippen molar-refractivity contribution in [2.45, 2.75) is 13.0 Å². The average Bonchev–Trinajstić information content (AvgIpc) is 2.83. The van der Waals surface area contributed by atoms with Crippen LogP contribution < -0.4 is 9.47 Å². The zero-order chi connectivity index (χ0) is 13.1. The second-order valence-electron chi connectivity index (χ2n) is 3.96. The van der Waals surface area contributed by atoms with Gasteiger partial charge in [0, 0.05) is 21.4 Å². The molecule has 2 aromatic rings. The van der Waals surface area contributed by atoms with Gasteiger partial charge in [-0.2, -0.15) is 0 Å².